The molecule has 0 aliphatic heterocycles. The summed E-state index contributed by atoms with van der Waals surface area (Å²) in [5.41, 5.74) is 3.88. The summed E-state index contributed by atoms with van der Waals surface area (Å²) in [7, 11) is 0. The number of amides is 4. The van der Waals surface area contributed by atoms with Gasteiger partial charge in [-0.1, -0.05) is 111 Å². The molecule has 0 aliphatic carbocycles. The molecule has 2 atom stereocenters. The Morgan fingerprint density at radius 1 is 0.636 bits per heavy atom. The van der Waals surface area contributed by atoms with Crippen LogP contribution >= 0.6 is 0 Å². The maximum Gasteiger partial charge on any atom is 0.245 e. The molecular formula is C36H46N4O4. The standard InChI is InChI=1S/C36H46N4O4/c1-26-15-17-29(18-16-26)24-38-34(43)30(21-19-27-11-7-5-8-12-27)40-35(44)31(25-37-33(42)23-36(2,3)4)39-32(41)22-20-28-13-9-6-10-14-28/h5-18,30-31H,19-25H2,1-4H3,(H,37,42)(H,38,43)(H,39,41)(H,40,44)/t30-,31-/m0/s1. The summed E-state index contributed by atoms with van der Waals surface area (Å²) in [5, 5.41) is 11.4. The predicted molar refractivity (Wildman–Crippen MR) is 173 cm³/mol. The minimum atomic E-state index is -1.05. The SMILES string of the molecule is Cc1ccc(CNC(=O)[C@H](CCc2ccccc2)NC(=O)[C@H](CNC(=O)CC(C)(C)C)NC(=O)CCc2ccccc2)cc1. The van der Waals surface area contributed by atoms with E-state index in [4.69, 9.17) is 0 Å². The van der Waals surface area contributed by atoms with Crippen molar-refractivity contribution in [2.75, 3.05) is 6.54 Å². The Morgan fingerprint density at radius 2 is 1.23 bits per heavy atom. The number of nitrogens with one attached hydrogen (secondary N) is 4. The Kier molecular flexibility index (Phi) is 13.1. The van der Waals surface area contributed by atoms with Gasteiger partial charge in [0.1, 0.15) is 12.1 Å². The summed E-state index contributed by atoms with van der Waals surface area (Å²) in [6.07, 6.45) is 1.89. The number of benzene rings is 3. The van der Waals surface area contributed by atoms with Gasteiger partial charge in [0, 0.05) is 25.9 Å². The zero-order valence-corrected chi connectivity index (χ0v) is 26.3. The molecule has 0 fully saturated rings. The van der Waals surface area contributed by atoms with Gasteiger partial charge in [-0.2, -0.15) is 0 Å². The molecule has 0 saturated heterocycles. The van der Waals surface area contributed by atoms with Gasteiger partial charge in [-0.15, -0.1) is 0 Å². The van der Waals surface area contributed by atoms with E-state index in [0.717, 1.165) is 22.3 Å². The van der Waals surface area contributed by atoms with Crippen molar-refractivity contribution in [1.82, 2.24) is 21.3 Å². The van der Waals surface area contributed by atoms with E-state index in [1.165, 1.54) is 0 Å². The lowest BCUT2D eigenvalue weighted by atomic mass is 9.92. The van der Waals surface area contributed by atoms with Gasteiger partial charge in [-0.05, 0) is 48.3 Å². The molecule has 234 valence electrons. The number of carbonyl (C=O) groups excluding carboxylic acids is 4. The van der Waals surface area contributed by atoms with Crippen molar-refractivity contribution in [2.45, 2.75) is 78.4 Å². The minimum Gasteiger partial charge on any atom is -0.353 e. The van der Waals surface area contributed by atoms with Gasteiger partial charge in [0.25, 0.3) is 0 Å². The summed E-state index contributed by atoms with van der Waals surface area (Å²) in [6, 6.07) is 25.3. The third-order valence-electron chi connectivity index (χ3n) is 7.11. The van der Waals surface area contributed by atoms with Crippen LogP contribution in [0.25, 0.3) is 0 Å². The first-order valence-corrected chi connectivity index (χ1v) is 15.3. The second-order valence-electron chi connectivity index (χ2n) is 12.4. The summed E-state index contributed by atoms with van der Waals surface area (Å²) in [4.78, 5) is 52.5. The van der Waals surface area contributed by atoms with E-state index in [1.807, 2.05) is 113 Å². The van der Waals surface area contributed by atoms with Crippen LogP contribution in [0.5, 0.6) is 0 Å². The fraction of sp³-hybridized carbons (Fsp3) is 0.389. The Hall–Kier alpha value is -4.46. The van der Waals surface area contributed by atoms with Gasteiger partial charge in [-0.25, -0.2) is 0 Å². The molecule has 0 aliphatic rings. The normalized spacial score (nSPS) is 12.5. The van der Waals surface area contributed by atoms with Crippen LogP contribution in [0.15, 0.2) is 84.9 Å². The minimum absolute atomic E-state index is 0.0891. The fourth-order valence-corrected chi connectivity index (χ4v) is 4.65. The summed E-state index contributed by atoms with van der Waals surface area (Å²) in [5.74, 6) is -1.38. The molecule has 44 heavy (non-hydrogen) atoms. The third kappa shape index (κ3) is 12.8. The van der Waals surface area contributed by atoms with Crippen molar-refractivity contribution in [3.63, 3.8) is 0 Å². The molecule has 0 unspecified atom stereocenters. The topological polar surface area (TPSA) is 116 Å². The van der Waals surface area contributed by atoms with E-state index < -0.39 is 18.0 Å². The Morgan fingerprint density at radius 3 is 1.82 bits per heavy atom. The second kappa shape index (κ2) is 17.0. The maximum absolute atomic E-state index is 13.6. The van der Waals surface area contributed by atoms with Crippen LogP contribution in [-0.4, -0.2) is 42.3 Å². The van der Waals surface area contributed by atoms with E-state index in [9.17, 15) is 19.2 Å². The van der Waals surface area contributed by atoms with Gasteiger partial charge in [0.15, 0.2) is 0 Å². The van der Waals surface area contributed by atoms with E-state index in [-0.39, 0.29) is 42.5 Å². The highest BCUT2D eigenvalue weighted by molar-refractivity contribution is 5.92. The zero-order valence-electron chi connectivity index (χ0n) is 26.3. The van der Waals surface area contributed by atoms with Gasteiger partial charge in [0.05, 0.1) is 0 Å². The van der Waals surface area contributed by atoms with Crippen LogP contribution in [-0.2, 0) is 38.6 Å². The van der Waals surface area contributed by atoms with Gasteiger partial charge < -0.3 is 21.3 Å². The molecule has 0 bridgehead atoms. The predicted octanol–water partition coefficient (Wildman–Crippen LogP) is 4.40. The first kappa shape index (κ1) is 34.0. The first-order valence-electron chi connectivity index (χ1n) is 15.3. The highest BCUT2D eigenvalue weighted by Crippen LogP contribution is 2.17. The molecule has 3 aromatic rings. The van der Waals surface area contributed by atoms with Crippen LogP contribution in [0.3, 0.4) is 0 Å². The second-order valence-corrected chi connectivity index (χ2v) is 12.4. The number of rotatable bonds is 15. The number of carbonyl (C=O) groups is 4. The monoisotopic (exact) mass is 598 g/mol. The highest BCUT2D eigenvalue weighted by atomic mass is 16.2. The quantitative estimate of drug-likeness (QED) is 0.208. The number of aryl methyl sites for hydroxylation is 3. The van der Waals surface area contributed by atoms with Gasteiger partial charge in [-0.3, -0.25) is 19.2 Å². The number of hydrogen-bond acceptors (Lipinski definition) is 4. The molecule has 8 nitrogen and oxygen atoms in total. The van der Waals surface area contributed by atoms with Crippen LogP contribution in [0, 0.1) is 12.3 Å². The van der Waals surface area contributed by atoms with E-state index >= 15 is 0 Å². The molecular weight excluding hydrogens is 552 g/mol. The molecule has 4 amide bonds. The molecule has 0 heterocycles. The maximum atomic E-state index is 13.6. The molecule has 8 heteroatoms. The zero-order chi connectivity index (χ0) is 32.0. The summed E-state index contributed by atoms with van der Waals surface area (Å²) < 4.78 is 0. The Bertz CT molecular complexity index is 1350. The van der Waals surface area contributed by atoms with Gasteiger partial charge in [0.2, 0.25) is 23.6 Å². The molecule has 0 spiro atoms. The molecule has 0 aromatic heterocycles. The first-order chi connectivity index (χ1) is 21.0. The number of hydrogen-bond donors (Lipinski definition) is 4. The Labute approximate surface area is 261 Å². The summed E-state index contributed by atoms with van der Waals surface area (Å²) >= 11 is 0. The average molecular weight is 599 g/mol. The fourth-order valence-electron chi connectivity index (χ4n) is 4.65. The molecule has 0 saturated carbocycles. The van der Waals surface area contributed by atoms with Crippen LogP contribution < -0.4 is 21.3 Å². The van der Waals surface area contributed by atoms with Crippen LogP contribution in [0.2, 0.25) is 0 Å². The summed E-state index contributed by atoms with van der Waals surface area (Å²) in [6.45, 7) is 8.09. The molecule has 3 aromatic carbocycles. The van der Waals surface area contributed by atoms with Crippen molar-refractivity contribution in [3.05, 3.63) is 107 Å². The lowest BCUT2D eigenvalue weighted by molar-refractivity contribution is -0.132. The molecule has 0 radical (unpaired) electrons. The van der Waals surface area contributed by atoms with E-state index in [2.05, 4.69) is 21.3 Å². The lowest BCUT2D eigenvalue weighted by Crippen LogP contribution is -2.57. The van der Waals surface area contributed by atoms with Crippen molar-refractivity contribution in [1.29, 1.82) is 0 Å². The van der Waals surface area contributed by atoms with E-state index in [1.54, 1.807) is 0 Å². The van der Waals surface area contributed by atoms with Crippen molar-refractivity contribution in [2.24, 2.45) is 5.41 Å². The Balaban J connectivity index is 1.71. The van der Waals surface area contributed by atoms with Crippen molar-refractivity contribution in [3.8, 4) is 0 Å². The molecule has 3 rings (SSSR count). The third-order valence-corrected chi connectivity index (χ3v) is 7.11. The highest BCUT2D eigenvalue weighted by Gasteiger charge is 2.28. The van der Waals surface area contributed by atoms with Gasteiger partial charge >= 0.3 is 0 Å². The van der Waals surface area contributed by atoms with Crippen molar-refractivity contribution < 1.29 is 19.2 Å². The van der Waals surface area contributed by atoms with Crippen LogP contribution in [0.4, 0.5) is 0 Å². The van der Waals surface area contributed by atoms with E-state index in [0.29, 0.717) is 25.8 Å². The molecule has 4 N–H and O–H groups in total. The average Bonchev–Trinajstić information content (AvgIpc) is 2.99. The largest absolute Gasteiger partial charge is 0.353 e. The van der Waals surface area contributed by atoms with Crippen LogP contribution in [0.1, 0.15) is 62.3 Å². The van der Waals surface area contributed by atoms with Crippen molar-refractivity contribution >= 4 is 23.6 Å². The lowest BCUT2D eigenvalue weighted by Gasteiger charge is -2.24. The smallest absolute Gasteiger partial charge is 0.245 e.